The summed E-state index contributed by atoms with van der Waals surface area (Å²) in [5, 5.41) is 0. The summed E-state index contributed by atoms with van der Waals surface area (Å²) in [6.45, 7) is 0. The second-order valence-corrected chi connectivity index (χ2v) is 0. The van der Waals surface area contributed by atoms with E-state index >= 15 is 0 Å². The van der Waals surface area contributed by atoms with Crippen LogP contribution in [0, 0.1) is 71.8 Å². The monoisotopic (exact) mass is 329 g/mol. The van der Waals surface area contributed by atoms with Gasteiger partial charge in [0.2, 0.25) is 0 Å². The Balaban J connectivity index is 0. The Labute approximate surface area is 72.8 Å². The predicted molar refractivity (Wildman–Crippen MR) is 1.37 cm³/mol. The average molecular weight is 328 g/mol. The minimum atomic E-state index is -0.0833. The number of hydrogen-bond donors (Lipinski definition) is 0. The molecular weight excluding hydrogens is 328 g/mol. The normalized spacial score (nSPS) is 2.75. The van der Waals surface area contributed by atoms with Crippen LogP contribution in [0.2, 0.25) is 0 Å². The minimum absolute atomic E-state index is 0.0833. The Bertz CT molecular complexity index is 8.00. The third-order valence-electron chi connectivity index (χ3n) is 0. The first kappa shape index (κ1) is 9.45. The van der Waals surface area contributed by atoms with E-state index in [9.17, 15) is 0 Å². The molecule has 0 aromatic heterocycles. The summed E-state index contributed by atoms with van der Waals surface area (Å²) >= 11 is 0.528. The Morgan fingerprint density at radius 2 is 1.25 bits per heavy atom. The summed E-state index contributed by atoms with van der Waals surface area (Å²) in [6.07, 6.45) is 0. The van der Waals surface area contributed by atoms with Crippen LogP contribution in [0.5, 0.6) is 0 Å². The van der Waals surface area contributed by atoms with E-state index in [1.165, 1.54) is 0 Å². The first-order valence-electron chi connectivity index (χ1n) is 0.380. The summed E-state index contributed by atoms with van der Waals surface area (Å²) in [5.74, 6) is 0. The Hall–Kier alpha value is 2.12. The molecule has 0 radical (unpaired) electrons. The maximum absolute atomic E-state index is 8.42. The molecule has 0 saturated carbocycles. The van der Waals surface area contributed by atoms with Gasteiger partial charge in [-0.25, -0.2) is 0 Å². The number of rotatable bonds is 0. The van der Waals surface area contributed by atoms with Crippen molar-refractivity contribution in [3.63, 3.8) is 0 Å². The first-order valence-corrected chi connectivity index (χ1v) is 2.79. The van der Waals surface area contributed by atoms with Gasteiger partial charge >= 0.3 is 74.7 Å². The molecule has 23 valence electrons. The van der Waals surface area contributed by atoms with Crippen LogP contribution in [-0.4, -0.2) is 0 Å². The van der Waals surface area contributed by atoms with E-state index in [0.29, 0.717) is 38.0 Å². The zero-order valence-corrected chi connectivity index (χ0v) is 7.64. The van der Waals surface area contributed by atoms with Gasteiger partial charge in [0.15, 0.2) is 0 Å². The fourth-order valence-corrected chi connectivity index (χ4v) is 0. The van der Waals surface area contributed by atoms with E-state index in [1.54, 1.807) is 0 Å². The van der Waals surface area contributed by atoms with Crippen molar-refractivity contribution in [2.75, 3.05) is 0 Å². The summed E-state index contributed by atoms with van der Waals surface area (Å²) < 4.78 is 16.7. The summed E-state index contributed by atoms with van der Waals surface area (Å²) in [7, 11) is 0. The molecule has 0 rings (SSSR count). The van der Waals surface area contributed by atoms with Gasteiger partial charge in [-0.15, -0.1) is 0 Å². The second-order valence-electron chi connectivity index (χ2n) is 0. The zero-order valence-electron chi connectivity index (χ0n) is 1.75. The number of hydrogen-bond acceptors (Lipinski definition) is 2. The Morgan fingerprint density at radius 1 is 1.25 bits per heavy atom. The van der Waals surface area contributed by atoms with Crippen molar-refractivity contribution in [3.05, 3.63) is 0 Å². The SMILES string of the molecule is [O]=[Gd].[O]=[La]. The molecule has 0 aliphatic rings. The summed E-state index contributed by atoms with van der Waals surface area (Å²) in [6, 6.07) is 0. The van der Waals surface area contributed by atoms with E-state index < -0.39 is 0 Å². The predicted octanol–water partition coefficient (Wildman–Crippen LogP) is -0.238. The molecule has 0 heterocycles. The van der Waals surface area contributed by atoms with Gasteiger partial charge in [-0.2, -0.15) is 0 Å². The summed E-state index contributed by atoms with van der Waals surface area (Å²) in [5.41, 5.74) is 0. The van der Waals surface area contributed by atoms with Crippen LogP contribution in [-0.2, 0) is 2.86 Å². The van der Waals surface area contributed by atoms with E-state index in [4.69, 9.17) is 2.86 Å². The van der Waals surface area contributed by atoms with E-state index in [-0.39, 0.29) is 33.8 Å². The quantitative estimate of drug-likeness (QED) is 0.615. The molecule has 0 fully saturated rings. The van der Waals surface area contributed by atoms with Crippen LogP contribution in [0.3, 0.4) is 0 Å². The second kappa shape index (κ2) is 19.3. The van der Waals surface area contributed by atoms with Gasteiger partial charge in [-0.05, 0) is 0 Å². The molecule has 0 amide bonds. The molecule has 0 aromatic carbocycles. The first-order chi connectivity index (χ1) is 2.00. The van der Waals surface area contributed by atoms with Crippen LogP contribution in [0.1, 0.15) is 0 Å². The molecule has 0 unspecified atom stereocenters. The van der Waals surface area contributed by atoms with Gasteiger partial charge in [-0.3, -0.25) is 0 Å². The van der Waals surface area contributed by atoms with Crippen molar-refractivity contribution >= 4 is 0 Å². The van der Waals surface area contributed by atoms with Crippen LogP contribution < -0.4 is 0 Å². The van der Waals surface area contributed by atoms with Crippen molar-refractivity contribution in [1.82, 2.24) is 0 Å². The van der Waals surface area contributed by atoms with Crippen molar-refractivity contribution in [3.8, 4) is 0 Å². The van der Waals surface area contributed by atoms with E-state index in [1.807, 2.05) is 0 Å². The van der Waals surface area contributed by atoms with Gasteiger partial charge in [0, 0.05) is 0 Å². The fourth-order valence-electron chi connectivity index (χ4n) is 0. The van der Waals surface area contributed by atoms with Crippen LogP contribution in [0.4, 0.5) is 0 Å². The summed E-state index contributed by atoms with van der Waals surface area (Å²) in [4.78, 5) is 0. The molecule has 0 N–H and O–H groups in total. The Morgan fingerprint density at radius 3 is 1.25 bits per heavy atom. The maximum atomic E-state index is 8.42. The Kier molecular flexibility index (Phi) is 45.7. The molecule has 0 saturated heterocycles. The third kappa shape index (κ3) is 8.92. The van der Waals surface area contributed by atoms with E-state index in [0.717, 1.165) is 0 Å². The van der Waals surface area contributed by atoms with Crippen molar-refractivity contribution < 1.29 is 74.7 Å². The molecule has 4 heteroatoms. The zero-order chi connectivity index (χ0) is 4.00. The van der Waals surface area contributed by atoms with Crippen LogP contribution in [0.25, 0.3) is 0 Å². The fraction of sp³-hybridized carbons (Fsp3) is 0. The van der Waals surface area contributed by atoms with Gasteiger partial charge in [0.1, 0.15) is 0 Å². The molecule has 0 spiro atoms. The molecule has 0 aromatic rings. The molecular formula is GdLaO2. The third-order valence-corrected chi connectivity index (χ3v) is 0. The average Bonchev–Trinajstić information content (AvgIpc) is 1.50. The van der Waals surface area contributed by atoms with Crippen molar-refractivity contribution in [2.45, 2.75) is 0 Å². The van der Waals surface area contributed by atoms with Crippen LogP contribution >= 0.6 is 0 Å². The molecule has 2 nitrogen and oxygen atoms in total. The van der Waals surface area contributed by atoms with Gasteiger partial charge in [0.25, 0.3) is 0 Å². The molecule has 0 bridgehead atoms. The van der Waals surface area contributed by atoms with Crippen molar-refractivity contribution in [2.24, 2.45) is 0 Å². The van der Waals surface area contributed by atoms with Gasteiger partial charge in [0.05, 0.1) is 0 Å². The van der Waals surface area contributed by atoms with Gasteiger partial charge < -0.3 is 0 Å². The molecule has 4 heavy (non-hydrogen) atoms. The van der Waals surface area contributed by atoms with E-state index in [2.05, 4.69) is 0 Å². The standard InChI is InChI=1S/Gd.La.2O. The van der Waals surface area contributed by atoms with Crippen LogP contribution in [0.15, 0.2) is 0 Å². The van der Waals surface area contributed by atoms with Gasteiger partial charge in [-0.1, -0.05) is 0 Å². The van der Waals surface area contributed by atoms with Crippen molar-refractivity contribution in [1.29, 1.82) is 0 Å². The molecule has 0 atom stereocenters. The molecule has 0 aliphatic carbocycles. The molecule has 0 aliphatic heterocycles. The topological polar surface area (TPSA) is 34.1 Å².